The number of furan rings is 1. The van der Waals surface area contributed by atoms with E-state index in [1.165, 1.54) is 11.1 Å². The predicted octanol–water partition coefficient (Wildman–Crippen LogP) is 3.25. The molecule has 4 nitrogen and oxygen atoms in total. The predicted molar refractivity (Wildman–Crippen MR) is 82.2 cm³/mol. The first kappa shape index (κ1) is 13.9. The van der Waals surface area contributed by atoms with E-state index >= 15 is 0 Å². The number of aryl methyl sites for hydroxylation is 1. The van der Waals surface area contributed by atoms with Gasteiger partial charge in [-0.2, -0.15) is 0 Å². The van der Waals surface area contributed by atoms with E-state index in [9.17, 15) is 4.79 Å². The molecule has 1 unspecified atom stereocenters. The molecule has 1 aliphatic rings. The number of fused-ring (bicyclic) bond motifs is 1. The summed E-state index contributed by atoms with van der Waals surface area (Å²) in [4.78, 5) is 11.4. The smallest absolute Gasteiger partial charge is 0.224 e. The summed E-state index contributed by atoms with van der Waals surface area (Å²) in [6.45, 7) is 3.10. The van der Waals surface area contributed by atoms with Crippen LogP contribution in [0.15, 0.2) is 41.2 Å². The van der Waals surface area contributed by atoms with Crippen LogP contribution in [0.1, 0.15) is 42.5 Å². The largest absolute Gasteiger partial charge is 0.472 e. The maximum absolute atomic E-state index is 11.4. The minimum absolute atomic E-state index is 0.103. The molecule has 1 aromatic carbocycles. The van der Waals surface area contributed by atoms with Crippen molar-refractivity contribution in [1.29, 1.82) is 0 Å². The van der Waals surface area contributed by atoms with Gasteiger partial charge >= 0.3 is 0 Å². The van der Waals surface area contributed by atoms with Crippen molar-refractivity contribution >= 4 is 11.6 Å². The second-order valence-electron chi connectivity index (χ2n) is 5.41. The lowest BCUT2D eigenvalue weighted by Crippen LogP contribution is -2.24. The Morgan fingerprint density at radius 3 is 2.95 bits per heavy atom. The standard InChI is InChI=1S/C17H20N2O2/c1-2-8-18-17(14-7-9-21-11-14)13-3-5-15-12(10-13)4-6-16(20)19-15/h3,5,7,9-11,17-18H,2,4,6,8H2,1H3,(H,19,20). The molecule has 2 N–H and O–H groups in total. The number of hydrogen-bond donors (Lipinski definition) is 2. The van der Waals surface area contributed by atoms with Crippen molar-refractivity contribution in [2.24, 2.45) is 0 Å². The van der Waals surface area contributed by atoms with Gasteiger partial charge in [-0.1, -0.05) is 19.1 Å². The van der Waals surface area contributed by atoms with Crippen LogP contribution in [0.25, 0.3) is 0 Å². The molecule has 4 heteroatoms. The highest BCUT2D eigenvalue weighted by Crippen LogP contribution is 2.29. The second kappa shape index (κ2) is 6.14. The zero-order valence-electron chi connectivity index (χ0n) is 12.2. The summed E-state index contributed by atoms with van der Waals surface area (Å²) < 4.78 is 5.23. The summed E-state index contributed by atoms with van der Waals surface area (Å²) in [5.41, 5.74) is 4.48. The van der Waals surface area contributed by atoms with E-state index in [0.717, 1.165) is 30.6 Å². The molecular weight excluding hydrogens is 264 g/mol. The molecule has 0 aliphatic carbocycles. The Morgan fingerprint density at radius 2 is 2.19 bits per heavy atom. The van der Waals surface area contributed by atoms with Crippen LogP contribution in [0.4, 0.5) is 5.69 Å². The number of rotatable bonds is 5. The Kier molecular flexibility index (Phi) is 4.06. The summed E-state index contributed by atoms with van der Waals surface area (Å²) in [6.07, 6.45) is 5.94. The molecule has 0 spiro atoms. The van der Waals surface area contributed by atoms with E-state index in [1.807, 2.05) is 12.1 Å². The van der Waals surface area contributed by atoms with E-state index in [2.05, 4.69) is 29.7 Å². The number of carbonyl (C=O) groups is 1. The van der Waals surface area contributed by atoms with Crippen molar-refractivity contribution in [1.82, 2.24) is 5.32 Å². The lowest BCUT2D eigenvalue weighted by molar-refractivity contribution is -0.116. The van der Waals surface area contributed by atoms with Crippen LogP contribution < -0.4 is 10.6 Å². The lowest BCUT2D eigenvalue weighted by Gasteiger charge is -2.22. The third-order valence-corrected chi connectivity index (χ3v) is 3.83. The molecule has 0 saturated carbocycles. The average Bonchev–Trinajstić information content (AvgIpc) is 3.02. The molecule has 2 aromatic rings. The highest BCUT2D eigenvalue weighted by Gasteiger charge is 2.19. The number of nitrogens with one attached hydrogen (secondary N) is 2. The highest BCUT2D eigenvalue weighted by molar-refractivity contribution is 5.93. The molecule has 1 atom stereocenters. The van der Waals surface area contributed by atoms with Gasteiger partial charge in [0.2, 0.25) is 5.91 Å². The Balaban J connectivity index is 1.90. The van der Waals surface area contributed by atoms with Crippen molar-refractivity contribution < 1.29 is 9.21 Å². The van der Waals surface area contributed by atoms with Crippen LogP contribution in [0.3, 0.4) is 0 Å². The summed E-state index contributed by atoms with van der Waals surface area (Å²) in [7, 11) is 0. The van der Waals surface area contributed by atoms with Gasteiger partial charge in [-0.15, -0.1) is 0 Å². The summed E-state index contributed by atoms with van der Waals surface area (Å²) in [5.74, 6) is 0.103. The van der Waals surface area contributed by atoms with Crippen molar-refractivity contribution in [2.45, 2.75) is 32.2 Å². The van der Waals surface area contributed by atoms with Crippen molar-refractivity contribution in [2.75, 3.05) is 11.9 Å². The number of carbonyl (C=O) groups excluding carboxylic acids is 1. The SMILES string of the molecule is CCCNC(c1ccoc1)c1ccc2c(c1)CCC(=O)N2. The molecule has 0 saturated heterocycles. The number of hydrogen-bond acceptors (Lipinski definition) is 3. The van der Waals surface area contributed by atoms with Gasteiger partial charge in [0.05, 0.1) is 18.6 Å². The van der Waals surface area contributed by atoms with E-state index in [1.54, 1.807) is 12.5 Å². The third-order valence-electron chi connectivity index (χ3n) is 3.83. The van der Waals surface area contributed by atoms with E-state index in [0.29, 0.717) is 6.42 Å². The highest BCUT2D eigenvalue weighted by atomic mass is 16.3. The minimum Gasteiger partial charge on any atom is -0.472 e. The first-order chi connectivity index (χ1) is 10.3. The molecule has 1 aromatic heterocycles. The summed E-state index contributed by atoms with van der Waals surface area (Å²) in [5, 5.41) is 6.48. The Bertz CT molecular complexity index is 620. The van der Waals surface area contributed by atoms with Crippen LogP contribution in [0, 0.1) is 0 Å². The van der Waals surface area contributed by atoms with Crippen molar-refractivity contribution in [3.8, 4) is 0 Å². The number of benzene rings is 1. The molecular formula is C17H20N2O2. The van der Waals surface area contributed by atoms with E-state index < -0.39 is 0 Å². The van der Waals surface area contributed by atoms with Crippen molar-refractivity contribution in [3.05, 3.63) is 53.5 Å². The fourth-order valence-electron chi connectivity index (χ4n) is 2.74. The quantitative estimate of drug-likeness (QED) is 0.886. The molecule has 21 heavy (non-hydrogen) atoms. The first-order valence-corrected chi connectivity index (χ1v) is 7.46. The Hall–Kier alpha value is -2.07. The molecule has 0 fully saturated rings. The van der Waals surface area contributed by atoms with Crippen molar-refractivity contribution in [3.63, 3.8) is 0 Å². The van der Waals surface area contributed by atoms with E-state index in [4.69, 9.17) is 4.42 Å². The number of amides is 1. The maximum atomic E-state index is 11.4. The third kappa shape index (κ3) is 3.00. The molecule has 1 amide bonds. The molecule has 0 radical (unpaired) electrons. The maximum Gasteiger partial charge on any atom is 0.224 e. The summed E-state index contributed by atoms with van der Waals surface area (Å²) >= 11 is 0. The zero-order chi connectivity index (χ0) is 14.7. The van der Waals surface area contributed by atoms with Gasteiger partial charge < -0.3 is 15.1 Å². The fraction of sp³-hybridized carbons (Fsp3) is 0.353. The lowest BCUT2D eigenvalue weighted by atomic mass is 9.95. The first-order valence-electron chi connectivity index (χ1n) is 7.46. The molecule has 1 aliphatic heterocycles. The topological polar surface area (TPSA) is 54.3 Å². The van der Waals surface area contributed by atoms with Gasteiger partial charge in [0.25, 0.3) is 0 Å². The van der Waals surface area contributed by atoms with Gasteiger partial charge in [-0.3, -0.25) is 4.79 Å². The molecule has 110 valence electrons. The monoisotopic (exact) mass is 284 g/mol. The Labute approximate surface area is 124 Å². The van der Waals surface area contributed by atoms with Gasteiger partial charge in [-0.05, 0) is 42.6 Å². The van der Waals surface area contributed by atoms with Crippen LogP contribution in [0.2, 0.25) is 0 Å². The average molecular weight is 284 g/mol. The second-order valence-corrected chi connectivity index (χ2v) is 5.41. The molecule has 3 rings (SSSR count). The van der Waals surface area contributed by atoms with E-state index in [-0.39, 0.29) is 11.9 Å². The van der Waals surface area contributed by atoms with Gasteiger partial charge in [0.1, 0.15) is 0 Å². The van der Waals surface area contributed by atoms with Crippen LogP contribution in [-0.2, 0) is 11.2 Å². The van der Waals surface area contributed by atoms with Crippen LogP contribution in [0.5, 0.6) is 0 Å². The summed E-state index contributed by atoms with van der Waals surface area (Å²) in [6, 6.07) is 8.39. The Morgan fingerprint density at radius 1 is 1.29 bits per heavy atom. The molecule has 2 heterocycles. The minimum atomic E-state index is 0.103. The van der Waals surface area contributed by atoms with Crippen LogP contribution in [-0.4, -0.2) is 12.5 Å². The number of anilines is 1. The zero-order valence-corrected chi connectivity index (χ0v) is 12.2. The van der Waals surface area contributed by atoms with Crippen LogP contribution >= 0.6 is 0 Å². The fourth-order valence-corrected chi connectivity index (χ4v) is 2.74. The normalized spacial score (nSPS) is 15.4. The van der Waals surface area contributed by atoms with Gasteiger partial charge in [-0.25, -0.2) is 0 Å². The van der Waals surface area contributed by atoms with Gasteiger partial charge in [0, 0.05) is 17.7 Å². The van der Waals surface area contributed by atoms with Gasteiger partial charge in [0.15, 0.2) is 0 Å². The molecule has 0 bridgehead atoms.